The maximum Gasteiger partial charge on any atom is 0.0456 e. The monoisotopic (exact) mass is 267 g/mol. The molecule has 0 aliphatic heterocycles. The number of hydrogen-bond donors (Lipinski definition) is 1. The Morgan fingerprint density at radius 2 is 1.83 bits per heavy atom. The Kier molecular flexibility index (Phi) is 6.73. The summed E-state index contributed by atoms with van der Waals surface area (Å²) in [7, 11) is 0. The highest BCUT2D eigenvalue weighted by Gasteiger charge is 2.21. The summed E-state index contributed by atoms with van der Waals surface area (Å²) < 4.78 is 0. The zero-order valence-corrected chi connectivity index (χ0v) is 12.8. The van der Waals surface area contributed by atoms with Gasteiger partial charge in [-0.2, -0.15) is 0 Å². The second kappa shape index (κ2) is 7.81. The molecule has 0 bridgehead atoms. The van der Waals surface area contributed by atoms with Crippen LogP contribution in [0.3, 0.4) is 0 Å². The van der Waals surface area contributed by atoms with E-state index >= 15 is 0 Å². The van der Waals surface area contributed by atoms with E-state index in [9.17, 15) is 0 Å². The molecule has 0 saturated carbocycles. The van der Waals surface area contributed by atoms with Crippen molar-refractivity contribution >= 4 is 11.6 Å². The van der Waals surface area contributed by atoms with E-state index in [2.05, 4.69) is 51.2 Å². The average Bonchev–Trinajstić information content (AvgIpc) is 2.35. The fourth-order valence-electron chi connectivity index (χ4n) is 2.47. The largest absolute Gasteiger partial charge is 0.310 e. The lowest BCUT2D eigenvalue weighted by molar-refractivity contribution is 0.341. The van der Waals surface area contributed by atoms with Crippen molar-refractivity contribution in [2.45, 2.75) is 53.0 Å². The minimum atomic E-state index is 0.382. The number of halogens is 1. The van der Waals surface area contributed by atoms with E-state index in [1.165, 1.54) is 24.0 Å². The molecule has 0 saturated heterocycles. The molecule has 0 spiro atoms. The van der Waals surface area contributed by atoms with Gasteiger partial charge in [0.25, 0.3) is 0 Å². The van der Waals surface area contributed by atoms with Crippen LogP contribution >= 0.6 is 11.6 Å². The van der Waals surface area contributed by atoms with Gasteiger partial charge in [-0.05, 0) is 43.0 Å². The van der Waals surface area contributed by atoms with E-state index in [4.69, 9.17) is 11.6 Å². The number of hydrogen-bond acceptors (Lipinski definition) is 1. The summed E-state index contributed by atoms with van der Waals surface area (Å²) in [6.07, 6.45) is 3.52. The molecule has 0 amide bonds. The van der Waals surface area contributed by atoms with Gasteiger partial charge >= 0.3 is 0 Å². The van der Waals surface area contributed by atoms with Crippen LogP contribution in [0.5, 0.6) is 0 Å². The van der Waals surface area contributed by atoms with Crippen LogP contribution in [-0.4, -0.2) is 6.54 Å². The Balaban J connectivity index is 3.00. The first-order valence-corrected chi connectivity index (χ1v) is 7.51. The normalized spacial score (nSPS) is 13.0. The van der Waals surface area contributed by atoms with Gasteiger partial charge in [0.15, 0.2) is 0 Å². The zero-order chi connectivity index (χ0) is 13.5. The third-order valence-electron chi connectivity index (χ3n) is 3.63. The molecular weight excluding hydrogens is 242 g/mol. The van der Waals surface area contributed by atoms with E-state index in [0.717, 1.165) is 18.0 Å². The minimum Gasteiger partial charge on any atom is -0.310 e. The molecule has 0 fully saturated rings. The van der Waals surface area contributed by atoms with Crippen molar-refractivity contribution in [3.05, 3.63) is 34.3 Å². The van der Waals surface area contributed by atoms with Gasteiger partial charge in [-0.1, -0.05) is 57.3 Å². The van der Waals surface area contributed by atoms with Gasteiger partial charge < -0.3 is 5.32 Å². The predicted molar refractivity (Wildman–Crippen MR) is 81.3 cm³/mol. The number of rotatable bonds is 7. The average molecular weight is 268 g/mol. The molecule has 0 aliphatic carbocycles. The van der Waals surface area contributed by atoms with Crippen molar-refractivity contribution in [2.75, 3.05) is 6.54 Å². The van der Waals surface area contributed by atoms with Crippen LogP contribution in [0.2, 0.25) is 5.02 Å². The molecule has 1 nitrogen and oxygen atoms in total. The maximum absolute atomic E-state index is 6.42. The highest BCUT2D eigenvalue weighted by atomic mass is 35.5. The van der Waals surface area contributed by atoms with Crippen LogP contribution in [0.1, 0.15) is 57.2 Å². The van der Waals surface area contributed by atoms with Crippen LogP contribution in [0.4, 0.5) is 0 Å². The third-order valence-corrected chi connectivity index (χ3v) is 3.95. The molecule has 0 aromatic heterocycles. The van der Waals surface area contributed by atoms with E-state index in [1.807, 2.05) is 0 Å². The maximum atomic E-state index is 6.42. The Bertz CT molecular complexity index is 358. The summed E-state index contributed by atoms with van der Waals surface area (Å²) in [5, 5.41) is 4.56. The number of benzene rings is 1. The zero-order valence-electron chi connectivity index (χ0n) is 12.1. The molecule has 102 valence electrons. The van der Waals surface area contributed by atoms with Crippen molar-refractivity contribution in [1.82, 2.24) is 5.32 Å². The van der Waals surface area contributed by atoms with Crippen LogP contribution in [0, 0.1) is 12.8 Å². The SMILES string of the molecule is CCCNC(c1ccc(C)cc1Cl)C(CC)CC. The van der Waals surface area contributed by atoms with Crippen molar-refractivity contribution in [3.8, 4) is 0 Å². The number of aryl methyl sites for hydroxylation is 1. The van der Waals surface area contributed by atoms with Gasteiger partial charge in [0.05, 0.1) is 0 Å². The highest BCUT2D eigenvalue weighted by Crippen LogP contribution is 2.32. The molecule has 1 aromatic carbocycles. The third kappa shape index (κ3) is 4.00. The second-order valence-corrected chi connectivity index (χ2v) is 5.44. The predicted octanol–water partition coefficient (Wildman–Crippen LogP) is 5.13. The molecule has 1 N–H and O–H groups in total. The van der Waals surface area contributed by atoms with Crippen LogP contribution in [0.25, 0.3) is 0 Å². The Morgan fingerprint density at radius 1 is 1.17 bits per heavy atom. The van der Waals surface area contributed by atoms with Crippen molar-refractivity contribution in [3.63, 3.8) is 0 Å². The standard InChI is InChI=1S/C16H26ClN/c1-5-10-18-16(13(6-2)7-3)14-9-8-12(4)11-15(14)17/h8-9,11,13,16,18H,5-7,10H2,1-4H3. The summed E-state index contributed by atoms with van der Waals surface area (Å²) in [6, 6.07) is 6.79. The molecular formula is C16H26ClN. The topological polar surface area (TPSA) is 12.0 Å². The Morgan fingerprint density at radius 3 is 2.33 bits per heavy atom. The molecule has 1 unspecified atom stereocenters. The Hall–Kier alpha value is -0.530. The van der Waals surface area contributed by atoms with Crippen LogP contribution in [0.15, 0.2) is 18.2 Å². The van der Waals surface area contributed by atoms with Gasteiger partial charge in [-0.15, -0.1) is 0 Å². The molecule has 0 heterocycles. The summed E-state index contributed by atoms with van der Waals surface area (Å²) in [6.45, 7) is 9.86. The van der Waals surface area contributed by atoms with Gasteiger partial charge in [0.2, 0.25) is 0 Å². The Labute approximate surface area is 117 Å². The first-order chi connectivity index (χ1) is 8.63. The quantitative estimate of drug-likeness (QED) is 0.723. The first-order valence-electron chi connectivity index (χ1n) is 7.13. The molecule has 2 heteroatoms. The molecule has 0 radical (unpaired) electrons. The van der Waals surface area contributed by atoms with E-state index in [-0.39, 0.29) is 0 Å². The summed E-state index contributed by atoms with van der Waals surface area (Å²) >= 11 is 6.42. The van der Waals surface area contributed by atoms with Gasteiger partial charge in [-0.3, -0.25) is 0 Å². The summed E-state index contributed by atoms with van der Waals surface area (Å²) in [5.74, 6) is 0.650. The fourth-order valence-corrected chi connectivity index (χ4v) is 2.83. The van der Waals surface area contributed by atoms with Crippen molar-refractivity contribution < 1.29 is 0 Å². The van der Waals surface area contributed by atoms with E-state index in [0.29, 0.717) is 12.0 Å². The lowest BCUT2D eigenvalue weighted by atomic mass is 9.88. The van der Waals surface area contributed by atoms with E-state index < -0.39 is 0 Å². The van der Waals surface area contributed by atoms with Crippen LogP contribution < -0.4 is 5.32 Å². The number of nitrogens with one attached hydrogen (secondary N) is 1. The lowest BCUT2D eigenvalue weighted by Gasteiger charge is -2.28. The highest BCUT2D eigenvalue weighted by molar-refractivity contribution is 6.31. The van der Waals surface area contributed by atoms with Gasteiger partial charge in [0, 0.05) is 11.1 Å². The molecule has 1 atom stereocenters. The van der Waals surface area contributed by atoms with Crippen LogP contribution in [-0.2, 0) is 0 Å². The molecule has 0 aliphatic rings. The first kappa shape index (κ1) is 15.5. The fraction of sp³-hybridized carbons (Fsp3) is 0.625. The molecule has 18 heavy (non-hydrogen) atoms. The summed E-state index contributed by atoms with van der Waals surface area (Å²) in [5.41, 5.74) is 2.48. The van der Waals surface area contributed by atoms with Crippen molar-refractivity contribution in [1.29, 1.82) is 0 Å². The second-order valence-electron chi connectivity index (χ2n) is 5.03. The van der Waals surface area contributed by atoms with Crippen molar-refractivity contribution in [2.24, 2.45) is 5.92 Å². The smallest absolute Gasteiger partial charge is 0.0456 e. The molecule has 1 aromatic rings. The summed E-state index contributed by atoms with van der Waals surface area (Å²) in [4.78, 5) is 0. The lowest BCUT2D eigenvalue weighted by Crippen LogP contribution is -2.28. The van der Waals surface area contributed by atoms with Gasteiger partial charge in [0.1, 0.15) is 0 Å². The van der Waals surface area contributed by atoms with Gasteiger partial charge in [-0.25, -0.2) is 0 Å². The minimum absolute atomic E-state index is 0.382. The molecule has 1 rings (SSSR count). The van der Waals surface area contributed by atoms with E-state index in [1.54, 1.807) is 0 Å².